The quantitative estimate of drug-likeness (QED) is 0.0222. The van der Waals surface area contributed by atoms with Crippen LogP contribution in [0.4, 0.5) is 0 Å². The predicted molar refractivity (Wildman–Crippen MR) is 414 cm³/mol. The monoisotopic (exact) mass is 1480 g/mol. The second kappa shape index (κ2) is 72.3. The molecule has 0 aliphatic rings. The molecule has 101 heavy (non-hydrogen) atoms. The van der Waals surface area contributed by atoms with E-state index in [1.807, 2.05) is 0 Å². The smallest absolute Gasteiger partial charge is 0.462 e. The summed E-state index contributed by atoms with van der Waals surface area (Å²) in [5.41, 5.74) is 0. The lowest BCUT2D eigenvalue weighted by Gasteiger charge is -2.21. The topological polar surface area (TPSA) is 237 Å². The van der Waals surface area contributed by atoms with E-state index in [1.165, 1.54) is 231 Å². The van der Waals surface area contributed by atoms with Crippen molar-refractivity contribution in [1.82, 2.24) is 0 Å². The summed E-state index contributed by atoms with van der Waals surface area (Å²) < 4.78 is 68.7. The molecule has 0 aromatic heterocycles. The lowest BCUT2D eigenvalue weighted by Crippen LogP contribution is -2.30. The molecule has 0 saturated carbocycles. The molecule has 0 aromatic rings. The van der Waals surface area contributed by atoms with Gasteiger partial charge in [-0.05, 0) is 43.4 Å². The SMILES string of the molecule is CCCCCCCCCCCCCCC(=O)O[C@H](COC(=O)CCCCCCCCC(C)CC)COP(=O)(O)OC[C@H](O)COP(=O)(O)OC[C@@H](COC(=O)CCCCCCCCCCCCCCCCCC(C)C)OC(=O)CCCCCCCCCCCCCCCCCCCCC(C)C. The molecule has 3 unspecified atom stereocenters. The molecule has 600 valence electrons. The molecular formula is C82H160O17P2. The highest BCUT2D eigenvalue weighted by molar-refractivity contribution is 7.47. The number of esters is 4. The molecule has 0 radical (unpaired) electrons. The maximum absolute atomic E-state index is 13.1. The standard InChI is InChI=1S/C82H160O17P2/c1-8-10-11-12-13-14-15-31-37-42-51-58-65-81(86)99-78(70-93-80(85)64-57-50-45-44-48-55-62-75(7)9-2)72-97-101(90,91)95-68-76(83)67-94-100(88,89)96-71-77(69-92-79(84)63-56-49-41-36-32-27-24-20-22-26-30-35-40-47-54-61-74(5)6)98-82(87)66-59-52-43-38-33-28-23-19-17-16-18-21-25-29-34-39-46-53-60-73(3)4/h73-78,83H,8-72H2,1-7H3,(H,88,89)(H,90,91)/t75?,76-,77-,78-/m1/s1. The van der Waals surface area contributed by atoms with Crippen molar-refractivity contribution < 1.29 is 80.2 Å². The van der Waals surface area contributed by atoms with Crippen LogP contribution in [0.5, 0.6) is 0 Å². The summed E-state index contributed by atoms with van der Waals surface area (Å²) in [6.45, 7) is 12.0. The van der Waals surface area contributed by atoms with Gasteiger partial charge < -0.3 is 33.8 Å². The van der Waals surface area contributed by atoms with Crippen molar-refractivity contribution in [1.29, 1.82) is 0 Å². The van der Waals surface area contributed by atoms with Gasteiger partial charge in [0.1, 0.15) is 19.3 Å². The number of ether oxygens (including phenoxy) is 4. The minimum Gasteiger partial charge on any atom is -0.462 e. The van der Waals surface area contributed by atoms with E-state index in [-0.39, 0.29) is 25.7 Å². The Bertz CT molecular complexity index is 1960. The zero-order chi connectivity index (χ0) is 74.4. The van der Waals surface area contributed by atoms with Gasteiger partial charge in [-0.2, -0.15) is 0 Å². The van der Waals surface area contributed by atoms with Crippen molar-refractivity contribution in [2.24, 2.45) is 17.8 Å². The first-order valence-corrected chi connectivity index (χ1v) is 45.4. The number of rotatable bonds is 80. The molecule has 0 bridgehead atoms. The number of carbonyl (C=O) groups excluding carboxylic acids is 4. The minimum absolute atomic E-state index is 0.106. The van der Waals surface area contributed by atoms with E-state index in [2.05, 4.69) is 48.5 Å². The van der Waals surface area contributed by atoms with Crippen LogP contribution in [0.3, 0.4) is 0 Å². The van der Waals surface area contributed by atoms with Gasteiger partial charge in [0.15, 0.2) is 12.2 Å². The number of phosphoric acid groups is 2. The minimum atomic E-state index is -4.96. The molecular weight excluding hydrogens is 1320 g/mol. The predicted octanol–water partition coefficient (Wildman–Crippen LogP) is 24.5. The third-order valence-electron chi connectivity index (χ3n) is 19.5. The zero-order valence-electron chi connectivity index (χ0n) is 66.4. The van der Waals surface area contributed by atoms with Crippen molar-refractivity contribution in [3.8, 4) is 0 Å². The Morgan fingerprint density at radius 2 is 0.505 bits per heavy atom. The number of unbranched alkanes of at least 4 members (excludes halogenated alkanes) is 47. The zero-order valence-corrected chi connectivity index (χ0v) is 68.2. The Labute approximate surface area is 619 Å². The summed E-state index contributed by atoms with van der Waals surface area (Å²) in [4.78, 5) is 73.0. The fraction of sp³-hybridized carbons (Fsp3) is 0.951. The molecule has 6 atom stereocenters. The lowest BCUT2D eigenvalue weighted by molar-refractivity contribution is -0.161. The average Bonchev–Trinajstić information content (AvgIpc) is 0.920. The Morgan fingerprint density at radius 1 is 0.287 bits per heavy atom. The molecule has 17 nitrogen and oxygen atoms in total. The van der Waals surface area contributed by atoms with E-state index in [0.717, 1.165) is 114 Å². The van der Waals surface area contributed by atoms with Crippen molar-refractivity contribution in [3.05, 3.63) is 0 Å². The van der Waals surface area contributed by atoms with Crippen LogP contribution in [-0.4, -0.2) is 96.7 Å². The van der Waals surface area contributed by atoms with Crippen molar-refractivity contribution in [3.63, 3.8) is 0 Å². The molecule has 3 N–H and O–H groups in total. The number of hydrogen-bond donors (Lipinski definition) is 3. The molecule has 0 spiro atoms. The molecule has 0 aliphatic heterocycles. The highest BCUT2D eigenvalue weighted by Gasteiger charge is 2.30. The molecule has 19 heteroatoms. The number of carbonyl (C=O) groups is 4. The van der Waals surface area contributed by atoms with Crippen LogP contribution in [0, 0.1) is 17.8 Å². The number of aliphatic hydroxyl groups is 1. The van der Waals surface area contributed by atoms with Crippen LogP contribution >= 0.6 is 15.6 Å². The first-order chi connectivity index (χ1) is 48.8. The Morgan fingerprint density at radius 3 is 0.752 bits per heavy atom. The van der Waals surface area contributed by atoms with Crippen LogP contribution in [-0.2, 0) is 65.4 Å². The Balaban J connectivity index is 5.22. The van der Waals surface area contributed by atoms with Gasteiger partial charge in [-0.25, -0.2) is 9.13 Å². The van der Waals surface area contributed by atoms with Crippen LogP contribution < -0.4 is 0 Å². The van der Waals surface area contributed by atoms with Gasteiger partial charge >= 0.3 is 39.5 Å². The van der Waals surface area contributed by atoms with Gasteiger partial charge in [0.2, 0.25) is 0 Å². The molecule has 0 aromatic carbocycles. The first kappa shape index (κ1) is 99.1. The van der Waals surface area contributed by atoms with Crippen LogP contribution in [0.2, 0.25) is 0 Å². The normalized spacial score (nSPS) is 14.2. The Hall–Kier alpha value is -1.94. The van der Waals surface area contributed by atoms with E-state index < -0.39 is 97.5 Å². The summed E-state index contributed by atoms with van der Waals surface area (Å²) in [7, 11) is -9.92. The number of hydrogen-bond acceptors (Lipinski definition) is 15. The molecule has 0 rings (SSSR count). The van der Waals surface area contributed by atoms with E-state index in [1.54, 1.807) is 0 Å². The highest BCUT2D eigenvalue weighted by atomic mass is 31.2. The highest BCUT2D eigenvalue weighted by Crippen LogP contribution is 2.45. The van der Waals surface area contributed by atoms with Gasteiger partial charge in [0, 0.05) is 25.7 Å². The van der Waals surface area contributed by atoms with E-state index in [4.69, 9.17) is 37.0 Å². The van der Waals surface area contributed by atoms with Crippen LogP contribution in [0.25, 0.3) is 0 Å². The van der Waals surface area contributed by atoms with Gasteiger partial charge in [0.05, 0.1) is 26.4 Å². The third-order valence-corrected chi connectivity index (χ3v) is 21.4. The fourth-order valence-electron chi connectivity index (χ4n) is 12.6. The van der Waals surface area contributed by atoms with Crippen molar-refractivity contribution in [2.45, 2.75) is 446 Å². The van der Waals surface area contributed by atoms with Crippen LogP contribution in [0.15, 0.2) is 0 Å². The summed E-state index contributed by atoms with van der Waals surface area (Å²) in [5.74, 6) is 0.247. The summed E-state index contributed by atoms with van der Waals surface area (Å²) >= 11 is 0. The second-order valence-corrected chi connectivity index (χ2v) is 33.6. The molecule has 0 fully saturated rings. The maximum Gasteiger partial charge on any atom is 0.472 e. The average molecular weight is 1480 g/mol. The van der Waals surface area contributed by atoms with Crippen molar-refractivity contribution in [2.75, 3.05) is 39.6 Å². The first-order valence-electron chi connectivity index (χ1n) is 42.4. The lowest BCUT2D eigenvalue weighted by atomic mass is 10.00. The summed E-state index contributed by atoms with van der Waals surface area (Å²) in [6.07, 6.45) is 61.1. The van der Waals surface area contributed by atoms with Gasteiger partial charge in [0.25, 0.3) is 0 Å². The summed E-state index contributed by atoms with van der Waals surface area (Å²) in [6, 6.07) is 0. The number of aliphatic hydroxyl groups excluding tert-OH is 1. The van der Waals surface area contributed by atoms with E-state index >= 15 is 0 Å². The van der Waals surface area contributed by atoms with Gasteiger partial charge in [-0.3, -0.25) is 37.3 Å². The molecule has 0 amide bonds. The summed E-state index contributed by atoms with van der Waals surface area (Å²) in [5, 5.41) is 10.6. The van der Waals surface area contributed by atoms with Crippen LogP contribution in [0.1, 0.15) is 427 Å². The second-order valence-electron chi connectivity index (χ2n) is 30.7. The van der Waals surface area contributed by atoms with Gasteiger partial charge in [-0.1, -0.05) is 376 Å². The molecule has 0 heterocycles. The van der Waals surface area contributed by atoms with Gasteiger partial charge in [-0.15, -0.1) is 0 Å². The van der Waals surface area contributed by atoms with Crippen molar-refractivity contribution >= 4 is 39.5 Å². The fourth-order valence-corrected chi connectivity index (χ4v) is 14.2. The molecule has 0 aliphatic carbocycles. The molecule has 0 saturated heterocycles. The van der Waals surface area contributed by atoms with E-state index in [0.29, 0.717) is 25.7 Å². The Kier molecular flexibility index (Phi) is 70.9. The third kappa shape index (κ3) is 74.7. The number of phosphoric ester groups is 2. The maximum atomic E-state index is 13.1. The largest absolute Gasteiger partial charge is 0.472 e. The van der Waals surface area contributed by atoms with E-state index in [9.17, 15) is 43.2 Å².